The van der Waals surface area contributed by atoms with Crippen LogP contribution in [-0.2, 0) is 0 Å². The largest absolute Gasteiger partial charge is 0.268 e. The number of hydrogen-bond donors (Lipinski definition) is 0. The van der Waals surface area contributed by atoms with Gasteiger partial charge in [0.05, 0.1) is 16.8 Å². The summed E-state index contributed by atoms with van der Waals surface area (Å²) < 4.78 is 1.60. The Morgan fingerprint density at radius 1 is 0.789 bits per heavy atom. The molecule has 1 aliphatic rings. The summed E-state index contributed by atoms with van der Waals surface area (Å²) in [5.41, 5.74) is 1.43. The minimum absolute atomic E-state index is 0.286. The molecular formula is C14H7Br2NO2. The quantitative estimate of drug-likeness (QED) is 0.701. The Morgan fingerprint density at radius 3 is 2.21 bits per heavy atom. The molecule has 2 amide bonds. The summed E-state index contributed by atoms with van der Waals surface area (Å²) in [5.74, 6) is -0.579. The molecule has 3 nitrogen and oxygen atoms in total. The molecule has 3 rings (SSSR count). The Bertz CT molecular complexity index is 712. The lowest BCUT2D eigenvalue weighted by molar-refractivity contribution is 0.0926. The number of amides is 2. The maximum atomic E-state index is 12.3. The fourth-order valence-electron chi connectivity index (χ4n) is 2.06. The Balaban J connectivity index is 2.13. The lowest BCUT2D eigenvalue weighted by atomic mass is 10.1. The molecule has 2 aromatic rings. The first kappa shape index (κ1) is 12.6. The van der Waals surface area contributed by atoms with Gasteiger partial charge in [-0.2, -0.15) is 0 Å². The summed E-state index contributed by atoms with van der Waals surface area (Å²) in [4.78, 5) is 25.8. The minimum atomic E-state index is -0.292. The zero-order chi connectivity index (χ0) is 13.6. The number of anilines is 1. The summed E-state index contributed by atoms with van der Waals surface area (Å²) in [5, 5.41) is 0. The molecule has 0 unspecified atom stereocenters. The highest BCUT2D eigenvalue weighted by Gasteiger charge is 2.36. The maximum absolute atomic E-state index is 12.3. The molecule has 0 spiro atoms. The van der Waals surface area contributed by atoms with Crippen LogP contribution in [0.15, 0.2) is 51.4 Å². The molecule has 0 N–H and O–H groups in total. The molecule has 0 fully saturated rings. The summed E-state index contributed by atoms with van der Waals surface area (Å²) in [6.07, 6.45) is 0. The van der Waals surface area contributed by atoms with E-state index in [1.54, 1.807) is 36.4 Å². The SMILES string of the molecule is O=C1c2ccc(Br)cc2C(=O)N1c1cccc(Br)c1. The predicted octanol–water partition coefficient (Wildman–Crippen LogP) is 4.01. The number of halogens is 2. The van der Waals surface area contributed by atoms with Gasteiger partial charge < -0.3 is 0 Å². The third-order valence-electron chi connectivity index (χ3n) is 2.92. The summed E-state index contributed by atoms with van der Waals surface area (Å²) in [6, 6.07) is 12.2. The van der Waals surface area contributed by atoms with E-state index in [4.69, 9.17) is 0 Å². The van der Waals surface area contributed by atoms with E-state index >= 15 is 0 Å². The predicted molar refractivity (Wildman–Crippen MR) is 79.4 cm³/mol. The van der Waals surface area contributed by atoms with Gasteiger partial charge in [-0.25, -0.2) is 4.90 Å². The summed E-state index contributed by atoms with van der Waals surface area (Å²) in [6.45, 7) is 0. The van der Waals surface area contributed by atoms with Crippen LogP contribution in [0.2, 0.25) is 0 Å². The second-order valence-corrected chi connectivity index (χ2v) is 5.95. The third kappa shape index (κ3) is 2.03. The van der Waals surface area contributed by atoms with Gasteiger partial charge in [0.1, 0.15) is 0 Å². The van der Waals surface area contributed by atoms with Gasteiger partial charge in [0, 0.05) is 8.95 Å². The Kier molecular flexibility index (Phi) is 3.03. The van der Waals surface area contributed by atoms with Crippen molar-refractivity contribution in [1.82, 2.24) is 0 Å². The van der Waals surface area contributed by atoms with E-state index < -0.39 is 0 Å². The fraction of sp³-hybridized carbons (Fsp3) is 0. The van der Waals surface area contributed by atoms with Crippen molar-refractivity contribution < 1.29 is 9.59 Å². The van der Waals surface area contributed by atoms with Crippen LogP contribution in [0.25, 0.3) is 0 Å². The minimum Gasteiger partial charge on any atom is -0.268 e. The molecule has 94 valence electrons. The molecule has 2 aromatic carbocycles. The molecule has 0 aliphatic carbocycles. The van der Waals surface area contributed by atoms with Crippen molar-refractivity contribution in [2.45, 2.75) is 0 Å². The Labute approximate surface area is 126 Å². The smallest absolute Gasteiger partial charge is 0.266 e. The molecule has 0 radical (unpaired) electrons. The van der Waals surface area contributed by atoms with Crippen molar-refractivity contribution >= 4 is 49.4 Å². The lowest BCUT2D eigenvalue weighted by Gasteiger charge is -2.13. The van der Waals surface area contributed by atoms with Crippen molar-refractivity contribution in [3.8, 4) is 0 Å². The highest BCUT2D eigenvalue weighted by Crippen LogP contribution is 2.31. The number of rotatable bonds is 1. The van der Waals surface area contributed by atoms with Crippen molar-refractivity contribution in [3.63, 3.8) is 0 Å². The van der Waals surface area contributed by atoms with Crippen LogP contribution >= 0.6 is 31.9 Å². The highest BCUT2D eigenvalue weighted by molar-refractivity contribution is 9.10. The van der Waals surface area contributed by atoms with Gasteiger partial charge in [0.15, 0.2) is 0 Å². The molecular weight excluding hydrogens is 374 g/mol. The number of fused-ring (bicyclic) bond motifs is 1. The van der Waals surface area contributed by atoms with Crippen molar-refractivity contribution in [2.24, 2.45) is 0 Å². The van der Waals surface area contributed by atoms with Crippen LogP contribution in [0, 0.1) is 0 Å². The van der Waals surface area contributed by atoms with E-state index in [9.17, 15) is 9.59 Å². The van der Waals surface area contributed by atoms with Crippen molar-refractivity contribution in [3.05, 3.63) is 62.5 Å². The van der Waals surface area contributed by atoms with E-state index in [1.807, 2.05) is 6.07 Å². The summed E-state index contributed by atoms with van der Waals surface area (Å²) in [7, 11) is 0. The first-order valence-electron chi connectivity index (χ1n) is 5.52. The first-order chi connectivity index (χ1) is 9.08. The normalized spacial score (nSPS) is 13.9. The van der Waals surface area contributed by atoms with Crippen LogP contribution < -0.4 is 4.90 Å². The van der Waals surface area contributed by atoms with Gasteiger partial charge in [-0.1, -0.05) is 37.9 Å². The number of hydrogen-bond acceptors (Lipinski definition) is 2. The average Bonchev–Trinajstić information content (AvgIpc) is 2.61. The van der Waals surface area contributed by atoms with Gasteiger partial charge in [-0.15, -0.1) is 0 Å². The molecule has 1 aliphatic heterocycles. The van der Waals surface area contributed by atoms with E-state index in [-0.39, 0.29) is 11.8 Å². The topological polar surface area (TPSA) is 37.4 Å². The van der Waals surface area contributed by atoms with Gasteiger partial charge in [0.25, 0.3) is 11.8 Å². The van der Waals surface area contributed by atoms with Gasteiger partial charge in [-0.05, 0) is 36.4 Å². The van der Waals surface area contributed by atoms with Crippen LogP contribution in [0.3, 0.4) is 0 Å². The monoisotopic (exact) mass is 379 g/mol. The van der Waals surface area contributed by atoms with Gasteiger partial charge in [-0.3, -0.25) is 9.59 Å². The molecule has 19 heavy (non-hydrogen) atoms. The molecule has 5 heteroatoms. The maximum Gasteiger partial charge on any atom is 0.266 e. The number of nitrogens with zero attached hydrogens (tertiary/aromatic N) is 1. The molecule has 0 aromatic heterocycles. The first-order valence-corrected chi connectivity index (χ1v) is 7.10. The molecule has 0 saturated heterocycles. The highest BCUT2D eigenvalue weighted by atomic mass is 79.9. The fourth-order valence-corrected chi connectivity index (χ4v) is 2.81. The second-order valence-electron chi connectivity index (χ2n) is 4.12. The van der Waals surface area contributed by atoms with E-state index in [0.717, 1.165) is 8.95 Å². The lowest BCUT2D eigenvalue weighted by Crippen LogP contribution is -2.29. The Morgan fingerprint density at radius 2 is 1.47 bits per heavy atom. The zero-order valence-electron chi connectivity index (χ0n) is 9.56. The molecule has 0 saturated carbocycles. The van der Waals surface area contributed by atoms with E-state index in [0.29, 0.717) is 16.8 Å². The number of carbonyl (C=O) groups is 2. The van der Waals surface area contributed by atoms with E-state index in [1.165, 1.54) is 4.90 Å². The molecule has 0 bridgehead atoms. The molecule has 0 atom stereocenters. The zero-order valence-corrected chi connectivity index (χ0v) is 12.7. The number of carbonyl (C=O) groups excluding carboxylic acids is 2. The van der Waals surface area contributed by atoms with E-state index in [2.05, 4.69) is 31.9 Å². The number of benzene rings is 2. The third-order valence-corrected chi connectivity index (χ3v) is 3.90. The van der Waals surface area contributed by atoms with Crippen molar-refractivity contribution in [2.75, 3.05) is 4.90 Å². The van der Waals surface area contributed by atoms with Crippen LogP contribution in [-0.4, -0.2) is 11.8 Å². The van der Waals surface area contributed by atoms with Crippen LogP contribution in [0.5, 0.6) is 0 Å². The molecule has 1 heterocycles. The average molecular weight is 381 g/mol. The van der Waals surface area contributed by atoms with Gasteiger partial charge >= 0.3 is 0 Å². The summed E-state index contributed by atoms with van der Waals surface area (Å²) >= 11 is 6.65. The van der Waals surface area contributed by atoms with Gasteiger partial charge in [0.2, 0.25) is 0 Å². The second kappa shape index (κ2) is 4.58. The number of imide groups is 1. The Hall–Kier alpha value is -1.46. The standard InChI is InChI=1S/C14H7Br2NO2/c15-8-2-1-3-10(6-8)17-13(18)11-5-4-9(16)7-12(11)14(17)19/h1-7H. The van der Waals surface area contributed by atoms with Crippen molar-refractivity contribution in [1.29, 1.82) is 0 Å². The van der Waals surface area contributed by atoms with Crippen LogP contribution in [0.4, 0.5) is 5.69 Å². The van der Waals surface area contributed by atoms with Crippen LogP contribution in [0.1, 0.15) is 20.7 Å².